The molecular formula is C14H24O2. The third-order valence-corrected chi connectivity index (χ3v) is 2.98. The summed E-state index contributed by atoms with van der Waals surface area (Å²) in [5.41, 5.74) is 1.24. The normalized spacial score (nSPS) is 19.5. The highest BCUT2D eigenvalue weighted by atomic mass is 16.5. The Kier molecular flexibility index (Phi) is 4.72. The van der Waals surface area contributed by atoms with E-state index in [2.05, 4.69) is 26.8 Å². The fourth-order valence-electron chi connectivity index (χ4n) is 2.18. The van der Waals surface area contributed by atoms with Crippen LogP contribution in [0.15, 0.2) is 11.6 Å². The van der Waals surface area contributed by atoms with Gasteiger partial charge in [0.2, 0.25) is 0 Å². The summed E-state index contributed by atoms with van der Waals surface area (Å²) in [5, 5.41) is 0. The van der Waals surface area contributed by atoms with Gasteiger partial charge in [0.1, 0.15) is 0 Å². The first-order valence-corrected chi connectivity index (χ1v) is 6.17. The standard InChI is InChI=1S/C14H24O2/c1-14(2,3)10-12(16-4)9-11-7-5-6-8-13(11)15/h7,12H,5-6,8-10H2,1-4H3. The lowest BCUT2D eigenvalue weighted by Crippen LogP contribution is -2.22. The maximum Gasteiger partial charge on any atom is 0.158 e. The summed E-state index contributed by atoms with van der Waals surface area (Å²) in [6.45, 7) is 6.61. The second kappa shape index (κ2) is 5.62. The van der Waals surface area contributed by atoms with E-state index < -0.39 is 0 Å². The monoisotopic (exact) mass is 224 g/mol. The van der Waals surface area contributed by atoms with E-state index in [0.29, 0.717) is 5.78 Å². The Bertz CT molecular complexity index is 271. The van der Waals surface area contributed by atoms with Gasteiger partial charge in [-0.25, -0.2) is 0 Å². The highest BCUT2D eigenvalue weighted by Crippen LogP contribution is 2.27. The van der Waals surface area contributed by atoms with Gasteiger partial charge in [0.05, 0.1) is 6.10 Å². The average molecular weight is 224 g/mol. The van der Waals surface area contributed by atoms with Crippen molar-refractivity contribution >= 4 is 5.78 Å². The van der Waals surface area contributed by atoms with Crippen LogP contribution in [0.3, 0.4) is 0 Å². The topological polar surface area (TPSA) is 26.3 Å². The van der Waals surface area contributed by atoms with Crippen molar-refractivity contribution in [3.8, 4) is 0 Å². The predicted molar refractivity (Wildman–Crippen MR) is 66.4 cm³/mol. The first-order valence-electron chi connectivity index (χ1n) is 6.17. The van der Waals surface area contributed by atoms with Gasteiger partial charge in [-0.1, -0.05) is 26.8 Å². The number of Topliss-reactive ketones (excluding diaryl/α,β-unsaturated/α-hetero) is 1. The van der Waals surface area contributed by atoms with Crippen molar-refractivity contribution in [2.45, 2.75) is 59.0 Å². The van der Waals surface area contributed by atoms with Gasteiger partial charge in [0.25, 0.3) is 0 Å². The van der Waals surface area contributed by atoms with Crippen LogP contribution in [0.2, 0.25) is 0 Å². The number of allylic oxidation sites excluding steroid dienone is 1. The zero-order valence-electron chi connectivity index (χ0n) is 11.0. The zero-order valence-corrected chi connectivity index (χ0v) is 11.0. The summed E-state index contributed by atoms with van der Waals surface area (Å²) >= 11 is 0. The van der Waals surface area contributed by atoms with Gasteiger partial charge in [-0.2, -0.15) is 0 Å². The molecule has 2 heteroatoms. The smallest absolute Gasteiger partial charge is 0.158 e. The van der Waals surface area contributed by atoms with Crippen molar-refractivity contribution in [2.75, 3.05) is 7.11 Å². The molecule has 1 unspecified atom stereocenters. The molecule has 1 atom stereocenters. The molecule has 0 N–H and O–H groups in total. The van der Waals surface area contributed by atoms with Crippen LogP contribution in [0.4, 0.5) is 0 Å². The van der Waals surface area contributed by atoms with Crippen molar-refractivity contribution < 1.29 is 9.53 Å². The molecule has 0 fully saturated rings. The molecule has 0 bridgehead atoms. The van der Waals surface area contributed by atoms with Gasteiger partial charge >= 0.3 is 0 Å². The molecule has 0 spiro atoms. The molecule has 0 radical (unpaired) electrons. The largest absolute Gasteiger partial charge is 0.381 e. The molecule has 0 aliphatic heterocycles. The molecule has 0 amide bonds. The van der Waals surface area contributed by atoms with Crippen LogP contribution < -0.4 is 0 Å². The van der Waals surface area contributed by atoms with Gasteiger partial charge in [-0.05, 0) is 30.3 Å². The van der Waals surface area contributed by atoms with E-state index in [-0.39, 0.29) is 11.5 Å². The van der Waals surface area contributed by atoms with E-state index in [1.807, 2.05) is 0 Å². The van der Waals surface area contributed by atoms with E-state index in [9.17, 15) is 4.79 Å². The second-order valence-corrected chi connectivity index (χ2v) is 5.87. The zero-order chi connectivity index (χ0) is 12.2. The van der Waals surface area contributed by atoms with Crippen LogP contribution in [0, 0.1) is 5.41 Å². The second-order valence-electron chi connectivity index (χ2n) is 5.87. The number of hydrogen-bond donors (Lipinski definition) is 0. The summed E-state index contributed by atoms with van der Waals surface area (Å²) in [7, 11) is 1.74. The number of ether oxygens (including phenoxy) is 1. The van der Waals surface area contributed by atoms with Crippen LogP contribution >= 0.6 is 0 Å². The quantitative estimate of drug-likeness (QED) is 0.730. The van der Waals surface area contributed by atoms with Crippen molar-refractivity contribution in [3.05, 3.63) is 11.6 Å². The van der Waals surface area contributed by atoms with Crippen LogP contribution in [0.5, 0.6) is 0 Å². The molecule has 0 heterocycles. The fourth-order valence-corrected chi connectivity index (χ4v) is 2.18. The summed E-state index contributed by atoms with van der Waals surface area (Å²) < 4.78 is 5.48. The third kappa shape index (κ3) is 4.48. The Morgan fingerprint density at radius 2 is 2.12 bits per heavy atom. The van der Waals surface area contributed by atoms with Crippen molar-refractivity contribution in [1.82, 2.24) is 0 Å². The van der Waals surface area contributed by atoms with Gasteiger partial charge in [-0.15, -0.1) is 0 Å². The lowest BCUT2D eigenvalue weighted by Gasteiger charge is -2.26. The molecular weight excluding hydrogens is 200 g/mol. The van der Waals surface area contributed by atoms with Gasteiger partial charge < -0.3 is 4.74 Å². The Hall–Kier alpha value is -0.630. The average Bonchev–Trinajstić information content (AvgIpc) is 2.18. The molecule has 0 saturated carbocycles. The highest BCUT2D eigenvalue weighted by Gasteiger charge is 2.22. The van der Waals surface area contributed by atoms with Crippen molar-refractivity contribution in [2.24, 2.45) is 5.41 Å². The van der Waals surface area contributed by atoms with Gasteiger partial charge in [0, 0.05) is 20.0 Å². The number of methoxy groups -OCH3 is 1. The van der Waals surface area contributed by atoms with E-state index in [4.69, 9.17) is 4.74 Å². The van der Waals surface area contributed by atoms with Crippen LogP contribution in [0.25, 0.3) is 0 Å². The maximum absolute atomic E-state index is 11.7. The summed E-state index contributed by atoms with van der Waals surface area (Å²) in [5.74, 6) is 0.321. The Balaban J connectivity index is 2.56. The van der Waals surface area contributed by atoms with E-state index in [0.717, 1.165) is 37.7 Å². The molecule has 92 valence electrons. The van der Waals surface area contributed by atoms with Crippen molar-refractivity contribution in [3.63, 3.8) is 0 Å². The molecule has 0 aromatic rings. The van der Waals surface area contributed by atoms with Crippen LogP contribution in [-0.4, -0.2) is 19.0 Å². The molecule has 16 heavy (non-hydrogen) atoms. The SMILES string of the molecule is COC(CC1=CCCCC1=O)CC(C)(C)C. The van der Waals surface area contributed by atoms with Gasteiger partial charge in [-0.3, -0.25) is 4.79 Å². The minimum atomic E-state index is 0.174. The molecule has 0 saturated heterocycles. The number of ketones is 1. The van der Waals surface area contributed by atoms with Gasteiger partial charge in [0.15, 0.2) is 5.78 Å². The first-order chi connectivity index (χ1) is 7.42. The Morgan fingerprint density at radius 3 is 2.62 bits per heavy atom. The predicted octanol–water partition coefficient (Wildman–Crippen LogP) is 3.51. The number of carbonyl (C=O) groups excluding carboxylic acids is 1. The van der Waals surface area contributed by atoms with Crippen LogP contribution in [0.1, 0.15) is 52.9 Å². The summed E-state index contributed by atoms with van der Waals surface area (Å²) in [6.07, 6.45) is 6.83. The Morgan fingerprint density at radius 1 is 1.44 bits per heavy atom. The van der Waals surface area contributed by atoms with E-state index >= 15 is 0 Å². The first kappa shape index (κ1) is 13.4. The maximum atomic E-state index is 11.7. The summed E-state index contributed by atoms with van der Waals surface area (Å²) in [4.78, 5) is 11.7. The fraction of sp³-hybridized carbons (Fsp3) is 0.786. The highest BCUT2D eigenvalue weighted by molar-refractivity contribution is 5.96. The molecule has 2 nitrogen and oxygen atoms in total. The lowest BCUT2D eigenvalue weighted by atomic mass is 9.85. The molecule has 0 aromatic carbocycles. The molecule has 1 aliphatic rings. The van der Waals surface area contributed by atoms with E-state index in [1.165, 1.54) is 0 Å². The van der Waals surface area contributed by atoms with Crippen LogP contribution in [-0.2, 0) is 9.53 Å². The molecule has 1 aliphatic carbocycles. The number of hydrogen-bond acceptors (Lipinski definition) is 2. The number of carbonyl (C=O) groups is 1. The minimum absolute atomic E-state index is 0.174. The molecule has 1 rings (SSSR count). The van der Waals surface area contributed by atoms with Crippen molar-refractivity contribution in [1.29, 1.82) is 0 Å². The Labute approximate surface area is 99.1 Å². The third-order valence-electron chi connectivity index (χ3n) is 2.98. The lowest BCUT2D eigenvalue weighted by molar-refractivity contribution is -0.116. The number of rotatable bonds is 4. The summed E-state index contributed by atoms with van der Waals surface area (Å²) in [6, 6.07) is 0. The minimum Gasteiger partial charge on any atom is -0.381 e. The van der Waals surface area contributed by atoms with E-state index in [1.54, 1.807) is 7.11 Å². The molecule has 0 aromatic heterocycles.